The molecular weight excluding hydrogens is 200 g/mol. The van der Waals surface area contributed by atoms with Crippen molar-refractivity contribution >= 4 is 0 Å². The highest BCUT2D eigenvalue weighted by atomic mass is 16.5. The van der Waals surface area contributed by atoms with Crippen LogP contribution in [0, 0.1) is 6.92 Å². The summed E-state index contributed by atoms with van der Waals surface area (Å²) < 4.78 is 5.46. The van der Waals surface area contributed by atoms with E-state index in [-0.39, 0.29) is 5.41 Å². The molecule has 0 fully saturated rings. The Morgan fingerprint density at radius 2 is 1.81 bits per heavy atom. The highest BCUT2D eigenvalue weighted by Gasteiger charge is 2.21. The molecule has 0 heterocycles. The maximum atomic E-state index is 9.66. The second-order valence-electron chi connectivity index (χ2n) is 5.34. The third-order valence-corrected chi connectivity index (χ3v) is 2.79. The molecule has 0 aliphatic heterocycles. The first-order valence-corrected chi connectivity index (χ1v) is 5.64. The van der Waals surface area contributed by atoms with E-state index in [9.17, 15) is 5.11 Å². The number of hydrogen-bond acceptors (Lipinski definition) is 2. The van der Waals surface area contributed by atoms with Crippen LogP contribution in [-0.4, -0.2) is 12.2 Å². The Balaban J connectivity index is 3.43. The van der Waals surface area contributed by atoms with Crippen LogP contribution < -0.4 is 4.74 Å². The van der Waals surface area contributed by atoms with Gasteiger partial charge in [0.25, 0.3) is 0 Å². The summed E-state index contributed by atoms with van der Waals surface area (Å²) in [6.45, 7) is 10.2. The Labute approximate surface area is 98.3 Å². The minimum absolute atomic E-state index is 0.0149. The Morgan fingerprint density at radius 1 is 1.25 bits per heavy atom. The molecular formula is C14H22O2. The van der Waals surface area contributed by atoms with Crippen molar-refractivity contribution in [2.75, 3.05) is 7.11 Å². The van der Waals surface area contributed by atoms with Crippen molar-refractivity contribution < 1.29 is 9.84 Å². The molecule has 1 atom stereocenters. The minimum atomic E-state index is -0.439. The van der Waals surface area contributed by atoms with Crippen LogP contribution in [-0.2, 0) is 5.41 Å². The van der Waals surface area contributed by atoms with Crippen LogP contribution in [0.2, 0.25) is 0 Å². The van der Waals surface area contributed by atoms with Gasteiger partial charge in [0.15, 0.2) is 0 Å². The highest BCUT2D eigenvalue weighted by Crippen LogP contribution is 2.36. The van der Waals surface area contributed by atoms with Gasteiger partial charge in [-0.3, -0.25) is 0 Å². The first-order valence-electron chi connectivity index (χ1n) is 5.64. The van der Waals surface area contributed by atoms with Crippen molar-refractivity contribution in [1.82, 2.24) is 0 Å². The zero-order chi connectivity index (χ0) is 12.5. The molecule has 1 rings (SSSR count). The number of aryl methyl sites for hydroxylation is 1. The van der Waals surface area contributed by atoms with Crippen LogP contribution in [0.3, 0.4) is 0 Å². The summed E-state index contributed by atoms with van der Waals surface area (Å²) in [5.74, 6) is 0.928. The molecule has 2 nitrogen and oxygen atoms in total. The van der Waals surface area contributed by atoms with Crippen LogP contribution in [0.1, 0.15) is 50.5 Å². The number of hydrogen-bond donors (Lipinski definition) is 1. The molecule has 0 bridgehead atoms. The Morgan fingerprint density at radius 3 is 2.19 bits per heavy atom. The van der Waals surface area contributed by atoms with Crippen LogP contribution in [0.4, 0.5) is 0 Å². The average molecular weight is 222 g/mol. The lowest BCUT2D eigenvalue weighted by Crippen LogP contribution is -2.14. The zero-order valence-corrected chi connectivity index (χ0v) is 11.1. The van der Waals surface area contributed by atoms with Crippen molar-refractivity contribution in [3.63, 3.8) is 0 Å². The van der Waals surface area contributed by atoms with E-state index in [4.69, 9.17) is 4.74 Å². The van der Waals surface area contributed by atoms with Gasteiger partial charge in [-0.25, -0.2) is 0 Å². The SMILES string of the molecule is COc1c(C)cc(C(C)O)cc1C(C)(C)C. The Bertz CT molecular complexity index is 373. The maximum absolute atomic E-state index is 9.66. The highest BCUT2D eigenvalue weighted by molar-refractivity contribution is 5.47. The average Bonchev–Trinajstić information content (AvgIpc) is 2.14. The summed E-state index contributed by atoms with van der Waals surface area (Å²) in [6.07, 6.45) is -0.439. The van der Waals surface area contributed by atoms with Crippen molar-refractivity contribution in [3.05, 3.63) is 28.8 Å². The standard InChI is InChI=1S/C14H22O2/c1-9-7-11(10(2)15)8-12(13(9)16-6)14(3,4)5/h7-8,10,15H,1-6H3. The summed E-state index contributed by atoms with van der Waals surface area (Å²) in [5.41, 5.74) is 3.18. The van der Waals surface area contributed by atoms with Gasteiger partial charge >= 0.3 is 0 Å². The smallest absolute Gasteiger partial charge is 0.125 e. The fraction of sp³-hybridized carbons (Fsp3) is 0.571. The van der Waals surface area contributed by atoms with Crippen LogP contribution in [0.25, 0.3) is 0 Å². The van der Waals surface area contributed by atoms with E-state index in [0.29, 0.717) is 0 Å². The third-order valence-electron chi connectivity index (χ3n) is 2.79. The number of rotatable bonds is 2. The number of ether oxygens (including phenoxy) is 1. The summed E-state index contributed by atoms with van der Waals surface area (Å²) in [6, 6.07) is 4.02. The van der Waals surface area contributed by atoms with Gasteiger partial charge in [-0.1, -0.05) is 20.8 Å². The predicted molar refractivity (Wildman–Crippen MR) is 67.1 cm³/mol. The largest absolute Gasteiger partial charge is 0.496 e. The fourth-order valence-electron chi connectivity index (χ4n) is 1.87. The molecule has 0 saturated heterocycles. The second-order valence-corrected chi connectivity index (χ2v) is 5.34. The molecule has 0 aliphatic carbocycles. The molecule has 1 unspecified atom stereocenters. The van der Waals surface area contributed by atoms with Crippen molar-refractivity contribution in [1.29, 1.82) is 0 Å². The molecule has 0 amide bonds. The van der Waals surface area contributed by atoms with Crippen LogP contribution in [0.15, 0.2) is 12.1 Å². The summed E-state index contributed by atoms with van der Waals surface area (Å²) in [7, 11) is 1.69. The number of methoxy groups -OCH3 is 1. The van der Waals surface area contributed by atoms with Crippen LogP contribution in [0.5, 0.6) is 5.75 Å². The lowest BCUT2D eigenvalue weighted by atomic mass is 9.83. The van der Waals surface area contributed by atoms with Crippen molar-refractivity contribution in [2.45, 2.75) is 46.1 Å². The van der Waals surface area contributed by atoms with Crippen LogP contribution >= 0.6 is 0 Å². The molecule has 1 aromatic carbocycles. The lowest BCUT2D eigenvalue weighted by Gasteiger charge is -2.25. The topological polar surface area (TPSA) is 29.5 Å². The van der Waals surface area contributed by atoms with E-state index >= 15 is 0 Å². The van der Waals surface area contributed by atoms with E-state index in [0.717, 1.165) is 22.4 Å². The summed E-state index contributed by atoms with van der Waals surface area (Å²) >= 11 is 0. The lowest BCUT2D eigenvalue weighted by molar-refractivity contribution is 0.199. The molecule has 0 radical (unpaired) electrons. The molecule has 1 N–H and O–H groups in total. The van der Waals surface area contributed by atoms with E-state index in [2.05, 4.69) is 20.8 Å². The van der Waals surface area contributed by atoms with E-state index < -0.39 is 6.10 Å². The van der Waals surface area contributed by atoms with Gasteiger partial charge in [0.1, 0.15) is 5.75 Å². The third kappa shape index (κ3) is 2.56. The molecule has 0 spiro atoms. The minimum Gasteiger partial charge on any atom is -0.496 e. The number of aliphatic hydroxyl groups is 1. The van der Waals surface area contributed by atoms with Gasteiger partial charge in [0, 0.05) is 5.56 Å². The number of benzene rings is 1. The summed E-state index contributed by atoms with van der Waals surface area (Å²) in [4.78, 5) is 0. The van der Waals surface area contributed by atoms with Crippen molar-refractivity contribution in [3.8, 4) is 5.75 Å². The first kappa shape index (κ1) is 13.0. The van der Waals surface area contributed by atoms with Gasteiger partial charge < -0.3 is 9.84 Å². The van der Waals surface area contributed by atoms with Gasteiger partial charge in [0.05, 0.1) is 13.2 Å². The second kappa shape index (κ2) is 4.46. The molecule has 0 saturated carbocycles. The Kier molecular flexibility index (Phi) is 3.64. The predicted octanol–water partition coefficient (Wildman–Crippen LogP) is 3.35. The van der Waals surface area contributed by atoms with E-state index in [1.807, 2.05) is 19.1 Å². The van der Waals surface area contributed by atoms with Gasteiger partial charge in [-0.15, -0.1) is 0 Å². The first-order chi connectivity index (χ1) is 7.27. The van der Waals surface area contributed by atoms with Gasteiger partial charge in [-0.05, 0) is 42.5 Å². The fourth-order valence-corrected chi connectivity index (χ4v) is 1.87. The molecule has 0 aromatic heterocycles. The van der Waals surface area contributed by atoms with Gasteiger partial charge in [0.2, 0.25) is 0 Å². The van der Waals surface area contributed by atoms with E-state index in [1.165, 1.54) is 0 Å². The monoisotopic (exact) mass is 222 g/mol. The molecule has 16 heavy (non-hydrogen) atoms. The Hall–Kier alpha value is -1.02. The molecule has 0 aliphatic rings. The number of aliphatic hydroxyl groups excluding tert-OH is 1. The van der Waals surface area contributed by atoms with Gasteiger partial charge in [-0.2, -0.15) is 0 Å². The van der Waals surface area contributed by atoms with E-state index in [1.54, 1.807) is 14.0 Å². The molecule has 1 aromatic rings. The zero-order valence-electron chi connectivity index (χ0n) is 11.1. The quantitative estimate of drug-likeness (QED) is 0.831. The maximum Gasteiger partial charge on any atom is 0.125 e. The normalized spacial score (nSPS) is 13.7. The molecule has 90 valence electrons. The van der Waals surface area contributed by atoms with Crippen molar-refractivity contribution in [2.24, 2.45) is 0 Å². The summed E-state index contributed by atoms with van der Waals surface area (Å²) in [5, 5.41) is 9.66. The molecule has 2 heteroatoms.